The molecule has 0 spiro atoms. The lowest BCUT2D eigenvalue weighted by Crippen LogP contribution is -2.46. The van der Waals surface area contributed by atoms with Gasteiger partial charge in [0.15, 0.2) is 0 Å². The van der Waals surface area contributed by atoms with Gasteiger partial charge in [0, 0.05) is 18.6 Å². The van der Waals surface area contributed by atoms with Crippen LogP contribution in [0.15, 0.2) is 24.3 Å². The van der Waals surface area contributed by atoms with Gasteiger partial charge in [0.25, 0.3) is 0 Å². The highest BCUT2D eigenvalue weighted by Gasteiger charge is 2.23. The highest BCUT2D eigenvalue weighted by atomic mass is 16.5. The average Bonchev–Trinajstić information content (AvgIpc) is 2.67. The third-order valence-electron chi connectivity index (χ3n) is 3.92. The van der Waals surface area contributed by atoms with Crippen molar-refractivity contribution in [1.29, 1.82) is 0 Å². The van der Waals surface area contributed by atoms with Crippen molar-refractivity contribution >= 4 is 5.69 Å². The molecule has 0 amide bonds. The van der Waals surface area contributed by atoms with Crippen molar-refractivity contribution in [1.82, 2.24) is 5.32 Å². The number of rotatable bonds is 5. The second-order valence-electron chi connectivity index (χ2n) is 5.38. The number of hydrogen-bond donors (Lipinski definition) is 2. The second-order valence-corrected chi connectivity index (χ2v) is 5.38. The number of hydrogen-bond acceptors (Lipinski definition) is 4. The normalized spacial score (nSPS) is 18.2. The van der Waals surface area contributed by atoms with Gasteiger partial charge in [-0.2, -0.15) is 0 Å². The SMILES string of the molecule is CNC(C)(CO)CCN1CCCOc2ccccc21. The highest BCUT2D eigenvalue weighted by molar-refractivity contribution is 5.58. The maximum Gasteiger partial charge on any atom is 0.142 e. The fourth-order valence-electron chi connectivity index (χ4n) is 2.30. The smallest absolute Gasteiger partial charge is 0.142 e. The fourth-order valence-corrected chi connectivity index (χ4v) is 2.30. The van der Waals surface area contributed by atoms with Crippen molar-refractivity contribution in [3.63, 3.8) is 0 Å². The Morgan fingerprint density at radius 1 is 1.42 bits per heavy atom. The molecule has 0 aliphatic carbocycles. The Kier molecular flexibility index (Phi) is 4.66. The van der Waals surface area contributed by atoms with Gasteiger partial charge in [0.2, 0.25) is 0 Å². The van der Waals surface area contributed by atoms with Gasteiger partial charge >= 0.3 is 0 Å². The van der Waals surface area contributed by atoms with Crippen LogP contribution in [0.2, 0.25) is 0 Å². The molecule has 1 aliphatic rings. The Bertz CT molecular complexity index is 405. The van der Waals surface area contributed by atoms with Crippen molar-refractivity contribution in [3.05, 3.63) is 24.3 Å². The summed E-state index contributed by atoms with van der Waals surface area (Å²) in [5.41, 5.74) is 0.943. The maximum atomic E-state index is 9.46. The van der Waals surface area contributed by atoms with Gasteiger partial charge in [-0.25, -0.2) is 0 Å². The molecule has 1 aromatic carbocycles. The molecule has 1 heterocycles. The van der Waals surface area contributed by atoms with Crippen molar-refractivity contribution < 1.29 is 9.84 Å². The molecule has 0 saturated heterocycles. The van der Waals surface area contributed by atoms with E-state index in [0.717, 1.165) is 44.0 Å². The van der Waals surface area contributed by atoms with Crippen LogP contribution in [-0.2, 0) is 0 Å². The molecule has 1 aliphatic heterocycles. The highest BCUT2D eigenvalue weighted by Crippen LogP contribution is 2.30. The van der Waals surface area contributed by atoms with Crippen LogP contribution in [0.5, 0.6) is 5.75 Å². The van der Waals surface area contributed by atoms with Crippen LogP contribution in [0.1, 0.15) is 19.8 Å². The molecule has 1 atom stereocenters. The molecule has 19 heavy (non-hydrogen) atoms. The standard InChI is InChI=1S/C15H24N2O2/c1-15(12-18,16-2)8-10-17-9-5-11-19-14-7-4-3-6-13(14)17/h3-4,6-7,16,18H,5,8-12H2,1-2H3. The number of aliphatic hydroxyl groups excluding tert-OH is 1. The Morgan fingerprint density at radius 3 is 2.95 bits per heavy atom. The molecule has 0 aromatic heterocycles. The molecule has 0 bridgehead atoms. The molecule has 4 heteroatoms. The average molecular weight is 264 g/mol. The zero-order valence-electron chi connectivity index (χ0n) is 11.9. The topological polar surface area (TPSA) is 44.7 Å². The molecule has 1 unspecified atom stereocenters. The summed E-state index contributed by atoms with van der Waals surface area (Å²) < 4.78 is 5.76. The first-order chi connectivity index (χ1) is 9.18. The fraction of sp³-hybridized carbons (Fsp3) is 0.600. The predicted octanol–water partition coefficient (Wildman–Crippen LogP) is 1.64. The molecule has 0 radical (unpaired) electrons. The number of para-hydroxylation sites is 2. The van der Waals surface area contributed by atoms with Gasteiger partial charge in [0.1, 0.15) is 5.75 Å². The van der Waals surface area contributed by atoms with Crippen LogP contribution in [0.4, 0.5) is 5.69 Å². The molecule has 2 rings (SSSR count). The van der Waals surface area contributed by atoms with Crippen LogP contribution >= 0.6 is 0 Å². The zero-order chi connectivity index (χ0) is 13.7. The Labute approximate surface area is 115 Å². The number of nitrogens with zero attached hydrogens (tertiary/aromatic N) is 1. The van der Waals surface area contributed by atoms with Gasteiger partial charge in [0.05, 0.1) is 18.9 Å². The lowest BCUT2D eigenvalue weighted by molar-refractivity contribution is 0.175. The van der Waals surface area contributed by atoms with E-state index in [0.29, 0.717) is 0 Å². The van der Waals surface area contributed by atoms with Crippen LogP contribution in [0, 0.1) is 0 Å². The molecule has 2 N–H and O–H groups in total. The Morgan fingerprint density at radius 2 is 2.21 bits per heavy atom. The van der Waals surface area contributed by atoms with Crippen molar-refractivity contribution in [2.24, 2.45) is 0 Å². The summed E-state index contributed by atoms with van der Waals surface area (Å²) in [6.07, 6.45) is 1.93. The van der Waals surface area contributed by atoms with E-state index in [4.69, 9.17) is 4.74 Å². The zero-order valence-corrected chi connectivity index (χ0v) is 11.9. The van der Waals surface area contributed by atoms with Gasteiger partial charge in [-0.15, -0.1) is 0 Å². The summed E-state index contributed by atoms with van der Waals surface area (Å²) >= 11 is 0. The monoisotopic (exact) mass is 264 g/mol. The summed E-state index contributed by atoms with van der Waals surface area (Å²) in [4.78, 5) is 2.35. The van der Waals surface area contributed by atoms with E-state index in [1.54, 1.807) is 0 Å². The number of benzene rings is 1. The van der Waals surface area contributed by atoms with Crippen molar-refractivity contribution in [2.45, 2.75) is 25.3 Å². The van der Waals surface area contributed by atoms with E-state index in [9.17, 15) is 5.11 Å². The second kappa shape index (κ2) is 6.26. The number of ether oxygens (including phenoxy) is 1. The maximum absolute atomic E-state index is 9.46. The van der Waals surface area contributed by atoms with Crippen LogP contribution in [-0.4, -0.2) is 44.0 Å². The number of nitrogens with one attached hydrogen (secondary N) is 1. The summed E-state index contributed by atoms with van der Waals surface area (Å²) in [7, 11) is 1.90. The van der Waals surface area contributed by atoms with E-state index in [1.165, 1.54) is 0 Å². The number of likely N-dealkylation sites (N-methyl/N-ethyl adjacent to an activating group) is 1. The Hall–Kier alpha value is -1.26. The van der Waals surface area contributed by atoms with E-state index in [2.05, 4.69) is 16.3 Å². The summed E-state index contributed by atoms with van der Waals surface area (Å²) in [5, 5.41) is 12.7. The number of fused-ring (bicyclic) bond motifs is 1. The molecule has 106 valence electrons. The van der Waals surface area contributed by atoms with Gasteiger partial charge in [-0.3, -0.25) is 0 Å². The van der Waals surface area contributed by atoms with E-state index in [1.807, 2.05) is 32.2 Å². The minimum atomic E-state index is -0.220. The third kappa shape index (κ3) is 3.39. The minimum absolute atomic E-state index is 0.148. The van der Waals surface area contributed by atoms with Crippen LogP contribution in [0.3, 0.4) is 0 Å². The minimum Gasteiger partial charge on any atom is -0.491 e. The summed E-state index contributed by atoms with van der Waals surface area (Å²) in [5.74, 6) is 0.968. The van der Waals surface area contributed by atoms with Crippen LogP contribution < -0.4 is 15.0 Å². The summed E-state index contributed by atoms with van der Waals surface area (Å²) in [6, 6.07) is 8.19. The number of anilines is 1. The van der Waals surface area contributed by atoms with Gasteiger partial charge in [-0.1, -0.05) is 12.1 Å². The molecule has 0 fully saturated rings. The quantitative estimate of drug-likeness (QED) is 0.848. The van der Waals surface area contributed by atoms with Gasteiger partial charge < -0.3 is 20.1 Å². The van der Waals surface area contributed by atoms with Gasteiger partial charge in [-0.05, 0) is 38.9 Å². The number of aliphatic hydroxyl groups is 1. The van der Waals surface area contributed by atoms with Crippen LogP contribution in [0.25, 0.3) is 0 Å². The summed E-state index contributed by atoms with van der Waals surface area (Å²) in [6.45, 7) is 4.89. The lowest BCUT2D eigenvalue weighted by Gasteiger charge is -2.31. The van der Waals surface area contributed by atoms with E-state index >= 15 is 0 Å². The molecular formula is C15H24N2O2. The molecule has 0 saturated carbocycles. The van der Waals surface area contributed by atoms with Crippen molar-refractivity contribution in [2.75, 3.05) is 38.3 Å². The third-order valence-corrected chi connectivity index (χ3v) is 3.92. The first kappa shape index (κ1) is 14.2. The molecule has 4 nitrogen and oxygen atoms in total. The predicted molar refractivity (Wildman–Crippen MR) is 77.9 cm³/mol. The largest absolute Gasteiger partial charge is 0.491 e. The molecule has 1 aromatic rings. The molecular weight excluding hydrogens is 240 g/mol. The lowest BCUT2D eigenvalue weighted by atomic mass is 9.99. The van der Waals surface area contributed by atoms with E-state index in [-0.39, 0.29) is 12.1 Å². The van der Waals surface area contributed by atoms with Crippen molar-refractivity contribution in [3.8, 4) is 5.75 Å². The first-order valence-electron chi connectivity index (χ1n) is 6.95. The van der Waals surface area contributed by atoms with E-state index < -0.39 is 0 Å². The first-order valence-corrected chi connectivity index (χ1v) is 6.95. The Balaban J connectivity index is 2.08.